The molecule has 0 saturated carbocycles. The summed E-state index contributed by atoms with van der Waals surface area (Å²) in [4.78, 5) is 3.88. The lowest BCUT2D eigenvalue weighted by Crippen LogP contribution is -1.48. The zero-order valence-electron chi connectivity index (χ0n) is 3.96. The zero-order valence-corrected chi connectivity index (χ0v) is 6.41. The third-order valence-corrected chi connectivity index (χ3v) is 1.92. The Balaban J connectivity index is 0.000000145. The van der Waals surface area contributed by atoms with Gasteiger partial charge in [-0.1, -0.05) is 10.8 Å². The van der Waals surface area contributed by atoms with Crippen molar-refractivity contribution in [2.45, 2.75) is 0 Å². The van der Waals surface area contributed by atoms with Crippen LogP contribution >= 0.6 is 33.8 Å². The average molecular weight is 164 g/mol. The number of nitrogens with one attached hydrogen (secondary N) is 1. The summed E-state index contributed by atoms with van der Waals surface area (Å²) in [5.41, 5.74) is 1.87. The maximum Gasteiger partial charge on any atom is 0.0956 e. The predicted octanol–water partition coefficient (Wildman–Crippen LogP) is 2.04. The van der Waals surface area contributed by atoms with Crippen LogP contribution in [0, 0.1) is 5.41 Å². The minimum atomic E-state index is 0.949. The summed E-state index contributed by atoms with van der Waals surface area (Å²) in [5, 5.41) is 7.36. The van der Waals surface area contributed by atoms with Crippen LogP contribution in [-0.4, -0.2) is 16.6 Å². The normalized spacial score (nSPS) is 14.0. The molecule has 0 spiro atoms. The molecule has 8 heavy (non-hydrogen) atoms. The van der Waals surface area contributed by atoms with Gasteiger partial charge < -0.3 is 0 Å². The van der Waals surface area contributed by atoms with E-state index in [0.717, 1.165) is 5.88 Å². The first-order chi connectivity index (χ1) is 3.91. The number of thiocarbonyl (C=S) groups is 1. The van der Waals surface area contributed by atoms with E-state index in [4.69, 9.17) is 5.41 Å². The van der Waals surface area contributed by atoms with Crippen LogP contribution in [0.3, 0.4) is 0 Å². The molecule has 1 aliphatic heterocycles. The van der Waals surface area contributed by atoms with E-state index in [2.05, 4.69) is 17.2 Å². The van der Waals surface area contributed by atoms with E-state index in [9.17, 15) is 0 Å². The fourth-order valence-corrected chi connectivity index (χ4v) is 1.37. The molecule has 0 aromatic carbocycles. The van der Waals surface area contributed by atoms with Crippen LogP contribution in [0.15, 0.2) is 4.99 Å². The Labute approximate surface area is 61.1 Å². The van der Waals surface area contributed by atoms with Gasteiger partial charge in [0, 0.05) is 0 Å². The van der Waals surface area contributed by atoms with E-state index < -0.39 is 0 Å². The third kappa shape index (κ3) is 6.17. The first-order valence-corrected chi connectivity index (χ1v) is 4.51. The number of rotatable bonds is 0. The summed E-state index contributed by atoms with van der Waals surface area (Å²) in [5.74, 6) is 0.949. The Morgan fingerprint density at radius 3 is 2.62 bits per heavy atom. The molecule has 0 aromatic rings. The average Bonchev–Trinajstić information content (AvgIpc) is 2.17. The van der Waals surface area contributed by atoms with E-state index in [0.29, 0.717) is 0 Å². The molecule has 0 amide bonds. The van der Waals surface area contributed by atoms with Crippen molar-refractivity contribution in [3.63, 3.8) is 0 Å². The van der Waals surface area contributed by atoms with Gasteiger partial charge in [0.15, 0.2) is 0 Å². The smallest absolute Gasteiger partial charge is 0.0956 e. The highest BCUT2D eigenvalue weighted by Gasteiger charge is 1.87. The van der Waals surface area contributed by atoms with Gasteiger partial charge in [0.05, 0.1) is 16.6 Å². The van der Waals surface area contributed by atoms with Gasteiger partial charge in [0.2, 0.25) is 0 Å². The number of isothiocyanates is 1. The molecule has 1 heterocycles. The van der Waals surface area contributed by atoms with Crippen LogP contribution in [0.25, 0.3) is 0 Å². The van der Waals surface area contributed by atoms with Crippen molar-refractivity contribution in [3.05, 3.63) is 0 Å². The van der Waals surface area contributed by atoms with Crippen molar-refractivity contribution in [2.24, 2.45) is 4.99 Å². The van der Waals surface area contributed by atoms with Gasteiger partial charge in [0.1, 0.15) is 0 Å². The van der Waals surface area contributed by atoms with Crippen LogP contribution in [0.5, 0.6) is 0 Å². The monoisotopic (exact) mass is 164 g/mol. The second-order valence-electron chi connectivity index (χ2n) is 0.733. The highest BCUT2D eigenvalue weighted by molar-refractivity contribution is 8.82. The van der Waals surface area contributed by atoms with E-state index in [1.807, 2.05) is 5.55 Å². The molecular weight excluding hydrogens is 160 g/mol. The van der Waals surface area contributed by atoms with Gasteiger partial charge in [-0.25, -0.2) is 5.41 Å². The maximum atomic E-state index is 5.77. The maximum absolute atomic E-state index is 5.77. The van der Waals surface area contributed by atoms with E-state index in [1.165, 1.54) is 0 Å². The van der Waals surface area contributed by atoms with E-state index in [-0.39, 0.29) is 0 Å². The van der Waals surface area contributed by atoms with Gasteiger partial charge >= 0.3 is 0 Å². The van der Waals surface area contributed by atoms with Gasteiger partial charge in [-0.05, 0) is 23.0 Å². The summed E-state index contributed by atoms with van der Waals surface area (Å²) in [6.07, 6.45) is 0. The Morgan fingerprint density at radius 1 is 1.88 bits per heavy atom. The molecule has 0 atom stereocenters. The highest BCUT2D eigenvalue weighted by atomic mass is 33.1. The minimum absolute atomic E-state index is 0.949. The van der Waals surface area contributed by atoms with Gasteiger partial charge in [-0.3, -0.25) is 4.99 Å². The Morgan fingerprint density at radius 2 is 2.50 bits per heavy atom. The molecule has 0 bridgehead atoms. The lowest BCUT2D eigenvalue weighted by atomic mass is 11.4. The molecule has 0 aromatic heterocycles. The summed E-state index contributed by atoms with van der Waals surface area (Å²) in [6, 6.07) is 0. The molecule has 1 N–H and O–H groups in total. The van der Waals surface area contributed by atoms with Gasteiger partial charge in [0.25, 0.3) is 0 Å². The highest BCUT2D eigenvalue weighted by Crippen LogP contribution is 2.23. The predicted molar refractivity (Wildman–Crippen MR) is 43.9 cm³/mol. The van der Waals surface area contributed by atoms with Crippen molar-refractivity contribution < 1.29 is 0 Å². The van der Waals surface area contributed by atoms with Crippen molar-refractivity contribution in [1.82, 2.24) is 0 Å². The first kappa shape index (κ1) is 8.17. The molecular formula is C3H4N2S3. The molecule has 2 nitrogen and oxygen atoms in total. The third-order valence-electron chi connectivity index (χ3n) is 0.313. The summed E-state index contributed by atoms with van der Waals surface area (Å²) in [6.45, 7) is 0. The summed E-state index contributed by atoms with van der Waals surface area (Å²) >= 11 is 3.81. The van der Waals surface area contributed by atoms with Crippen molar-refractivity contribution in [2.75, 3.05) is 5.88 Å². The summed E-state index contributed by atoms with van der Waals surface area (Å²) < 4.78 is 0. The van der Waals surface area contributed by atoms with Gasteiger partial charge in [-0.15, -0.1) is 0 Å². The molecule has 1 rings (SSSR count). The quantitative estimate of drug-likeness (QED) is 0.338. The molecule has 1 aliphatic rings. The molecule has 0 unspecified atom stereocenters. The largest absolute Gasteiger partial charge is 0.274 e. The summed E-state index contributed by atoms with van der Waals surface area (Å²) in [7, 11) is 3.47. The fourth-order valence-electron chi connectivity index (χ4n) is 0.152. The zero-order chi connectivity index (χ0) is 6.24. The Hall–Kier alpha value is 0.170. The standard InChI is InChI=1S/C2H3NS2.CHNS/c1-3-2-5-4-1;2-1-3/h1H,2H2;2H. The lowest BCUT2D eigenvalue weighted by molar-refractivity contribution is 1.43. The molecule has 5 heteroatoms. The first-order valence-electron chi connectivity index (χ1n) is 1.72. The van der Waals surface area contributed by atoms with E-state index in [1.54, 1.807) is 26.7 Å². The second kappa shape index (κ2) is 7.17. The molecule has 0 aliphatic carbocycles. The molecule has 0 fully saturated rings. The SMILES string of the molecule is C1=NCSS1.N=C=S. The van der Waals surface area contributed by atoms with Crippen LogP contribution < -0.4 is 0 Å². The van der Waals surface area contributed by atoms with Crippen LogP contribution in [0.2, 0.25) is 0 Å². The van der Waals surface area contributed by atoms with Crippen LogP contribution in [0.4, 0.5) is 0 Å². The fraction of sp³-hybridized carbons (Fsp3) is 0.333. The Bertz CT molecular complexity index is 99.1. The van der Waals surface area contributed by atoms with Crippen molar-refractivity contribution in [1.29, 1.82) is 5.41 Å². The van der Waals surface area contributed by atoms with Crippen LogP contribution in [0.1, 0.15) is 0 Å². The molecule has 0 radical (unpaired) electrons. The second-order valence-corrected chi connectivity index (χ2v) is 3.12. The molecule has 0 saturated heterocycles. The number of hydrogen-bond donors (Lipinski definition) is 1. The number of nitrogens with zero attached hydrogens (tertiary/aromatic N) is 1. The number of aliphatic imine (C=N–C) groups is 1. The minimum Gasteiger partial charge on any atom is -0.274 e. The molecule has 44 valence electrons. The Kier molecular flexibility index (Phi) is 7.32. The number of hydrogen-bond acceptors (Lipinski definition) is 5. The van der Waals surface area contributed by atoms with Crippen molar-refractivity contribution >= 4 is 44.5 Å². The lowest BCUT2D eigenvalue weighted by Gasteiger charge is -1.67. The van der Waals surface area contributed by atoms with Gasteiger partial charge in [-0.2, -0.15) is 0 Å². The topological polar surface area (TPSA) is 36.2 Å². The van der Waals surface area contributed by atoms with E-state index >= 15 is 0 Å². The van der Waals surface area contributed by atoms with Crippen molar-refractivity contribution in [3.8, 4) is 0 Å². The van der Waals surface area contributed by atoms with Crippen LogP contribution in [-0.2, 0) is 0 Å².